The monoisotopic (exact) mass is 503 g/mol. The smallest absolute Gasteiger partial charge is 0.308 e. The average Bonchev–Trinajstić information content (AvgIpc) is 3.45. The second-order valence-corrected chi connectivity index (χ2v) is 11.1. The van der Waals surface area contributed by atoms with Crippen molar-refractivity contribution in [1.29, 1.82) is 0 Å². The van der Waals surface area contributed by atoms with Gasteiger partial charge in [-0.3, -0.25) is 14.5 Å². The fourth-order valence-corrected chi connectivity index (χ4v) is 6.42. The first kappa shape index (κ1) is 28.7. The van der Waals surface area contributed by atoms with Crippen molar-refractivity contribution >= 4 is 11.9 Å². The van der Waals surface area contributed by atoms with E-state index in [1.807, 2.05) is 4.90 Å². The van der Waals surface area contributed by atoms with Crippen LogP contribution in [-0.4, -0.2) is 72.2 Å². The van der Waals surface area contributed by atoms with Gasteiger partial charge < -0.3 is 20.5 Å². The molecule has 0 spiro atoms. The Morgan fingerprint density at radius 1 is 1.22 bits per heavy atom. The lowest BCUT2D eigenvalue weighted by molar-refractivity contribution is -0.145. The van der Waals surface area contributed by atoms with E-state index in [1.165, 1.54) is 5.57 Å². The first-order valence-corrected chi connectivity index (χ1v) is 14.4. The summed E-state index contributed by atoms with van der Waals surface area (Å²) in [6, 6.07) is -0.112. The van der Waals surface area contributed by atoms with Crippen molar-refractivity contribution in [1.82, 2.24) is 9.80 Å². The highest BCUT2D eigenvalue weighted by molar-refractivity contribution is 5.79. The number of ether oxygens (including phenoxy) is 1. The summed E-state index contributed by atoms with van der Waals surface area (Å²) in [4.78, 5) is 30.5. The Bertz CT molecular complexity index is 795. The molecule has 0 aromatic heterocycles. The van der Waals surface area contributed by atoms with Crippen LogP contribution in [0.25, 0.3) is 0 Å². The number of nitrogens with two attached hydrogens (primary N) is 1. The Morgan fingerprint density at radius 2 is 2.00 bits per heavy atom. The summed E-state index contributed by atoms with van der Waals surface area (Å²) in [5.74, 6) is 0.547. The van der Waals surface area contributed by atoms with Gasteiger partial charge in [0.2, 0.25) is 5.91 Å². The largest absolute Gasteiger partial charge is 0.493 e. The minimum atomic E-state index is -0.717. The molecule has 3 N–H and O–H groups in total. The van der Waals surface area contributed by atoms with E-state index in [0.29, 0.717) is 32.2 Å². The van der Waals surface area contributed by atoms with E-state index in [0.717, 1.165) is 76.6 Å². The minimum absolute atomic E-state index is 0.00126. The molecule has 5 atom stereocenters. The van der Waals surface area contributed by atoms with E-state index in [4.69, 9.17) is 10.5 Å². The molecule has 2 fully saturated rings. The van der Waals surface area contributed by atoms with Gasteiger partial charge in [-0.25, -0.2) is 0 Å². The molecular weight excluding hydrogens is 454 g/mol. The SMILES string of the molecule is CCCCN(CCCCN)C(=O)CN1C[C@H](C2C=C3CCOC3=CC2)[C@@H](C(=O)O)[C@@H]1CC(C)CCC. The van der Waals surface area contributed by atoms with Crippen molar-refractivity contribution in [3.8, 4) is 0 Å². The van der Waals surface area contributed by atoms with Gasteiger partial charge in [0.15, 0.2) is 0 Å². The third-order valence-electron chi connectivity index (χ3n) is 8.34. The lowest BCUT2D eigenvalue weighted by Gasteiger charge is -2.31. The summed E-state index contributed by atoms with van der Waals surface area (Å²) in [6.45, 7) is 10.4. The van der Waals surface area contributed by atoms with E-state index < -0.39 is 11.9 Å². The number of allylic oxidation sites excluding steroid dienone is 3. The van der Waals surface area contributed by atoms with Gasteiger partial charge in [0.1, 0.15) is 5.76 Å². The third kappa shape index (κ3) is 7.34. The normalized spacial score (nSPS) is 26.7. The molecule has 7 heteroatoms. The molecule has 2 unspecified atom stereocenters. The number of amides is 1. The number of nitrogens with zero attached hydrogens (tertiary/aromatic N) is 2. The number of likely N-dealkylation sites (tertiary alicyclic amines) is 1. The molecule has 3 aliphatic rings. The minimum Gasteiger partial charge on any atom is -0.493 e. The first-order valence-electron chi connectivity index (χ1n) is 14.4. The van der Waals surface area contributed by atoms with Crippen molar-refractivity contribution < 1.29 is 19.4 Å². The number of carbonyl (C=O) groups excluding carboxylic acids is 1. The number of aliphatic carboxylic acids is 1. The lowest BCUT2D eigenvalue weighted by atomic mass is 9.75. The van der Waals surface area contributed by atoms with Crippen LogP contribution in [0.15, 0.2) is 23.5 Å². The summed E-state index contributed by atoms with van der Waals surface area (Å²) in [7, 11) is 0. The van der Waals surface area contributed by atoms with Crippen LogP contribution in [0.1, 0.15) is 78.6 Å². The first-order chi connectivity index (χ1) is 17.4. The van der Waals surface area contributed by atoms with Crippen molar-refractivity contribution in [3.63, 3.8) is 0 Å². The molecule has 1 amide bonds. The number of carboxylic acid groups (broad SMARTS) is 1. The Balaban J connectivity index is 1.80. The van der Waals surface area contributed by atoms with Gasteiger partial charge in [0, 0.05) is 32.1 Å². The summed E-state index contributed by atoms with van der Waals surface area (Å²) in [6.07, 6.45) is 13.0. The maximum Gasteiger partial charge on any atom is 0.308 e. The highest BCUT2D eigenvalue weighted by Gasteiger charge is 2.49. The van der Waals surface area contributed by atoms with Gasteiger partial charge in [0.05, 0.1) is 19.1 Å². The second kappa shape index (κ2) is 14.2. The van der Waals surface area contributed by atoms with Crippen LogP contribution in [-0.2, 0) is 14.3 Å². The standard InChI is InChI=1S/C29H49N3O4/c1-4-6-14-31(15-8-7-13-30)27(33)20-32-19-24(22-10-11-26-23(18-22)12-16-36-26)28(29(34)35)25(32)17-21(3)9-5-2/h11,18,21-22,24-25,28H,4-10,12-17,19-20,30H2,1-3H3,(H,34,35)/t21?,22?,24-,25+,28-/m1/s1. The van der Waals surface area contributed by atoms with E-state index in [-0.39, 0.29) is 23.8 Å². The Kier molecular flexibility index (Phi) is 11.3. The molecule has 0 bridgehead atoms. The molecule has 1 aliphatic carbocycles. The van der Waals surface area contributed by atoms with E-state index in [2.05, 4.69) is 37.8 Å². The van der Waals surface area contributed by atoms with Crippen molar-refractivity contribution in [2.24, 2.45) is 29.4 Å². The molecule has 3 rings (SSSR count). The predicted molar refractivity (Wildman–Crippen MR) is 143 cm³/mol. The summed E-state index contributed by atoms with van der Waals surface area (Å²) < 4.78 is 5.72. The number of fused-ring (bicyclic) bond motifs is 1. The predicted octanol–water partition coefficient (Wildman–Crippen LogP) is 4.43. The molecule has 204 valence electrons. The zero-order chi connectivity index (χ0) is 26.1. The molecule has 36 heavy (non-hydrogen) atoms. The number of rotatable bonds is 15. The maximum atomic E-state index is 13.5. The number of carbonyl (C=O) groups is 2. The molecule has 0 aromatic carbocycles. The number of carboxylic acids is 1. The van der Waals surface area contributed by atoms with E-state index in [9.17, 15) is 14.7 Å². The highest BCUT2D eigenvalue weighted by Crippen LogP contribution is 2.43. The number of hydrogen-bond donors (Lipinski definition) is 2. The van der Waals surface area contributed by atoms with Crippen LogP contribution in [0.5, 0.6) is 0 Å². The fourth-order valence-electron chi connectivity index (χ4n) is 6.42. The topological polar surface area (TPSA) is 96.1 Å². The second-order valence-electron chi connectivity index (χ2n) is 11.1. The summed E-state index contributed by atoms with van der Waals surface area (Å²) in [5.41, 5.74) is 6.92. The Hall–Kier alpha value is -1.86. The molecule has 0 aromatic rings. The van der Waals surface area contributed by atoms with Crippen LogP contribution in [0.3, 0.4) is 0 Å². The molecule has 2 saturated heterocycles. The lowest BCUT2D eigenvalue weighted by Crippen LogP contribution is -2.45. The van der Waals surface area contributed by atoms with Crippen LogP contribution in [0.2, 0.25) is 0 Å². The molecule has 7 nitrogen and oxygen atoms in total. The van der Waals surface area contributed by atoms with Crippen molar-refractivity contribution in [2.75, 3.05) is 39.3 Å². The van der Waals surface area contributed by atoms with Crippen LogP contribution < -0.4 is 5.73 Å². The maximum absolute atomic E-state index is 13.5. The fraction of sp³-hybridized carbons (Fsp3) is 0.793. The quantitative estimate of drug-likeness (QED) is 0.321. The van der Waals surface area contributed by atoms with Gasteiger partial charge in [-0.1, -0.05) is 46.1 Å². The molecule has 0 saturated carbocycles. The van der Waals surface area contributed by atoms with E-state index in [1.54, 1.807) is 0 Å². The summed E-state index contributed by atoms with van der Waals surface area (Å²) >= 11 is 0. The average molecular weight is 504 g/mol. The van der Waals surface area contributed by atoms with Gasteiger partial charge in [-0.2, -0.15) is 0 Å². The number of unbranched alkanes of at least 4 members (excludes halogenated alkanes) is 2. The third-order valence-corrected chi connectivity index (χ3v) is 8.34. The van der Waals surface area contributed by atoms with Crippen molar-refractivity contribution in [2.45, 2.75) is 84.6 Å². The van der Waals surface area contributed by atoms with Crippen LogP contribution in [0.4, 0.5) is 0 Å². The zero-order valence-electron chi connectivity index (χ0n) is 22.8. The highest BCUT2D eigenvalue weighted by atomic mass is 16.5. The zero-order valence-corrected chi connectivity index (χ0v) is 22.8. The van der Waals surface area contributed by atoms with Gasteiger partial charge in [0.25, 0.3) is 0 Å². The molecule has 0 radical (unpaired) electrons. The number of hydrogen-bond acceptors (Lipinski definition) is 5. The molecule has 2 aliphatic heterocycles. The molecular formula is C29H49N3O4. The van der Waals surface area contributed by atoms with Gasteiger partial charge in [-0.05, 0) is 68.1 Å². The van der Waals surface area contributed by atoms with E-state index >= 15 is 0 Å². The van der Waals surface area contributed by atoms with Gasteiger partial charge >= 0.3 is 5.97 Å². The summed E-state index contributed by atoms with van der Waals surface area (Å²) in [5, 5.41) is 10.4. The van der Waals surface area contributed by atoms with Gasteiger partial charge in [-0.15, -0.1) is 0 Å². The Labute approximate surface area is 218 Å². The Morgan fingerprint density at radius 3 is 2.69 bits per heavy atom. The van der Waals surface area contributed by atoms with Crippen LogP contribution >= 0.6 is 0 Å². The van der Waals surface area contributed by atoms with Crippen LogP contribution in [0, 0.1) is 23.7 Å². The molecule has 2 heterocycles. The van der Waals surface area contributed by atoms with Crippen molar-refractivity contribution in [3.05, 3.63) is 23.5 Å².